The van der Waals surface area contributed by atoms with Crippen molar-refractivity contribution < 1.29 is 22.0 Å². The fourth-order valence-electron chi connectivity index (χ4n) is 2.28. The van der Waals surface area contributed by atoms with Gasteiger partial charge in [-0.05, 0) is 30.3 Å². The molecule has 0 amide bonds. The van der Waals surface area contributed by atoms with Crippen LogP contribution in [0, 0.1) is 11.6 Å². The molecule has 0 atom stereocenters. The molecule has 3 nitrogen and oxygen atoms in total. The van der Waals surface area contributed by atoms with Crippen molar-refractivity contribution in [3.63, 3.8) is 0 Å². The van der Waals surface area contributed by atoms with Gasteiger partial charge in [0.25, 0.3) is 0 Å². The molecule has 0 fully saturated rings. The molecule has 0 saturated heterocycles. The standard InChI is InChI=1S/C16H12F5N3S/c1-24-12(7-14(23-24)16(19,20)21)13-5-6-15(25-13)22-8-9-10(17)3-2-4-11(9)18/h2-7,22H,8H2,1H3. The summed E-state index contributed by atoms with van der Waals surface area (Å²) in [5, 5.41) is 6.92. The van der Waals surface area contributed by atoms with Gasteiger partial charge >= 0.3 is 6.18 Å². The summed E-state index contributed by atoms with van der Waals surface area (Å²) in [5.41, 5.74) is -0.763. The van der Waals surface area contributed by atoms with E-state index >= 15 is 0 Å². The first kappa shape index (κ1) is 17.4. The maximum absolute atomic E-state index is 13.6. The van der Waals surface area contributed by atoms with Crippen LogP contribution in [0.3, 0.4) is 0 Å². The number of nitrogens with one attached hydrogen (secondary N) is 1. The van der Waals surface area contributed by atoms with Gasteiger partial charge in [-0.3, -0.25) is 4.68 Å². The van der Waals surface area contributed by atoms with Crippen LogP contribution in [0.2, 0.25) is 0 Å². The van der Waals surface area contributed by atoms with Crippen LogP contribution in [0.25, 0.3) is 10.6 Å². The number of thiophene rings is 1. The van der Waals surface area contributed by atoms with Gasteiger partial charge in [0.1, 0.15) is 11.6 Å². The molecule has 3 rings (SSSR count). The lowest BCUT2D eigenvalue weighted by atomic mass is 10.2. The molecule has 1 N–H and O–H groups in total. The minimum Gasteiger partial charge on any atom is -0.373 e. The van der Waals surface area contributed by atoms with Crippen LogP contribution in [0.4, 0.5) is 27.0 Å². The Morgan fingerprint density at radius 2 is 1.80 bits per heavy atom. The molecule has 2 aromatic heterocycles. The molecule has 132 valence electrons. The van der Waals surface area contributed by atoms with Crippen LogP contribution in [-0.4, -0.2) is 9.78 Å². The van der Waals surface area contributed by atoms with E-state index in [4.69, 9.17) is 0 Å². The predicted molar refractivity (Wildman–Crippen MR) is 85.2 cm³/mol. The van der Waals surface area contributed by atoms with E-state index in [2.05, 4.69) is 10.4 Å². The first-order chi connectivity index (χ1) is 11.8. The first-order valence-electron chi connectivity index (χ1n) is 7.14. The Hall–Kier alpha value is -2.42. The molecule has 9 heteroatoms. The van der Waals surface area contributed by atoms with Gasteiger partial charge in [-0.15, -0.1) is 11.3 Å². The van der Waals surface area contributed by atoms with Gasteiger partial charge in [-0.1, -0.05) is 6.07 Å². The maximum Gasteiger partial charge on any atom is 0.435 e. The van der Waals surface area contributed by atoms with E-state index in [0.717, 1.165) is 22.9 Å². The molecule has 1 aromatic carbocycles. The van der Waals surface area contributed by atoms with Crippen LogP contribution in [0.1, 0.15) is 11.3 Å². The molecule has 0 aliphatic rings. The van der Waals surface area contributed by atoms with Crippen LogP contribution in [-0.2, 0) is 19.8 Å². The zero-order chi connectivity index (χ0) is 18.2. The van der Waals surface area contributed by atoms with Gasteiger partial charge in [0, 0.05) is 19.2 Å². The topological polar surface area (TPSA) is 29.9 Å². The first-order valence-corrected chi connectivity index (χ1v) is 7.95. The summed E-state index contributed by atoms with van der Waals surface area (Å²) in [6.07, 6.45) is -4.52. The van der Waals surface area contributed by atoms with Crippen molar-refractivity contribution in [3.05, 3.63) is 59.3 Å². The summed E-state index contributed by atoms with van der Waals surface area (Å²) in [4.78, 5) is 0.557. The summed E-state index contributed by atoms with van der Waals surface area (Å²) in [6.45, 7) is -0.0718. The number of anilines is 1. The Kier molecular flexibility index (Phi) is 4.51. The normalized spacial score (nSPS) is 11.8. The van der Waals surface area contributed by atoms with Gasteiger partial charge in [-0.2, -0.15) is 18.3 Å². The molecule has 0 saturated carbocycles. The van der Waals surface area contributed by atoms with Crippen molar-refractivity contribution in [1.29, 1.82) is 0 Å². The molecule has 0 radical (unpaired) electrons. The number of hydrogen-bond acceptors (Lipinski definition) is 3. The lowest BCUT2D eigenvalue weighted by Gasteiger charge is -2.06. The van der Waals surface area contributed by atoms with E-state index in [1.54, 1.807) is 12.1 Å². The zero-order valence-corrected chi connectivity index (χ0v) is 13.7. The highest BCUT2D eigenvalue weighted by Gasteiger charge is 2.34. The monoisotopic (exact) mass is 373 g/mol. The number of halogens is 5. The third-order valence-corrected chi connectivity index (χ3v) is 4.60. The molecule has 0 unspecified atom stereocenters. The molecule has 0 aliphatic heterocycles. The average molecular weight is 373 g/mol. The number of aryl methyl sites for hydroxylation is 1. The Morgan fingerprint density at radius 3 is 2.40 bits per heavy atom. The number of nitrogens with zero attached hydrogens (tertiary/aromatic N) is 2. The smallest absolute Gasteiger partial charge is 0.373 e. The number of hydrogen-bond donors (Lipinski definition) is 1. The second kappa shape index (κ2) is 6.47. The van der Waals surface area contributed by atoms with Gasteiger partial charge < -0.3 is 5.32 Å². The fourth-order valence-corrected chi connectivity index (χ4v) is 3.23. The van der Waals surface area contributed by atoms with Gasteiger partial charge in [-0.25, -0.2) is 8.78 Å². The summed E-state index contributed by atoms with van der Waals surface area (Å²) >= 11 is 1.17. The van der Waals surface area contributed by atoms with E-state index in [0.29, 0.717) is 15.6 Å². The minimum atomic E-state index is -4.52. The quantitative estimate of drug-likeness (QED) is 0.648. The maximum atomic E-state index is 13.6. The molecule has 0 aliphatic carbocycles. The second-order valence-corrected chi connectivity index (χ2v) is 6.34. The van der Waals surface area contributed by atoms with Crippen molar-refractivity contribution in [2.75, 3.05) is 5.32 Å². The lowest BCUT2D eigenvalue weighted by Crippen LogP contribution is -2.06. The SMILES string of the molecule is Cn1nc(C(F)(F)F)cc1-c1ccc(NCc2c(F)cccc2F)s1. The Balaban J connectivity index is 1.78. The van der Waals surface area contributed by atoms with Gasteiger partial charge in [0.15, 0.2) is 5.69 Å². The fraction of sp³-hybridized carbons (Fsp3) is 0.188. The number of benzene rings is 1. The molecule has 0 spiro atoms. The predicted octanol–water partition coefficient (Wildman–Crippen LogP) is 5.06. The lowest BCUT2D eigenvalue weighted by molar-refractivity contribution is -0.141. The van der Waals surface area contributed by atoms with Crippen LogP contribution < -0.4 is 5.32 Å². The Labute approximate surface area is 143 Å². The van der Waals surface area contributed by atoms with Crippen molar-refractivity contribution in [2.24, 2.45) is 7.05 Å². The summed E-state index contributed by atoms with van der Waals surface area (Å²) in [7, 11) is 1.42. The molecular weight excluding hydrogens is 361 g/mol. The largest absolute Gasteiger partial charge is 0.435 e. The van der Waals surface area contributed by atoms with Crippen molar-refractivity contribution in [3.8, 4) is 10.6 Å². The van der Waals surface area contributed by atoms with E-state index in [9.17, 15) is 22.0 Å². The van der Waals surface area contributed by atoms with Crippen LogP contribution in [0.15, 0.2) is 36.4 Å². The molecule has 3 aromatic rings. The third kappa shape index (κ3) is 3.65. The minimum absolute atomic E-state index is 0.0718. The average Bonchev–Trinajstić information content (AvgIpc) is 3.12. The van der Waals surface area contributed by atoms with E-state index in [-0.39, 0.29) is 12.1 Å². The Morgan fingerprint density at radius 1 is 1.12 bits per heavy atom. The molecule has 2 heterocycles. The summed E-state index contributed by atoms with van der Waals surface area (Å²) in [5.74, 6) is -1.32. The van der Waals surface area contributed by atoms with E-state index in [1.165, 1.54) is 24.5 Å². The highest BCUT2D eigenvalue weighted by atomic mass is 32.1. The van der Waals surface area contributed by atoms with Crippen molar-refractivity contribution in [2.45, 2.75) is 12.7 Å². The van der Waals surface area contributed by atoms with Gasteiger partial charge in [0.05, 0.1) is 15.6 Å². The summed E-state index contributed by atoms with van der Waals surface area (Å²) in [6, 6.07) is 7.83. The van der Waals surface area contributed by atoms with Crippen LogP contribution in [0.5, 0.6) is 0 Å². The Bertz CT molecular complexity index is 877. The summed E-state index contributed by atoms with van der Waals surface area (Å²) < 4.78 is 66.5. The van der Waals surface area contributed by atoms with Crippen molar-refractivity contribution in [1.82, 2.24) is 9.78 Å². The van der Waals surface area contributed by atoms with E-state index in [1.807, 2.05) is 0 Å². The van der Waals surface area contributed by atoms with Gasteiger partial charge in [0.2, 0.25) is 0 Å². The molecule has 0 bridgehead atoms. The van der Waals surface area contributed by atoms with E-state index < -0.39 is 23.5 Å². The van der Waals surface area contributed by atoms with Crippen molar-refractivity contribution >= 4 is 16.3 Å². The number of alkyl halides is 3. The molecular formula is C16H12F5N3S. The number of rotatable bonds is 4. The van der Waals surface area contributed by atoms with Crippen LogP contribution >= 0.6 is 11.3 Å². The highest BCUT2D eigenvalue weighted by Crippen LogP contribution is 2.35. The second-order valence-electron chi connectivity index (χ2n) is 5.25. The molecule has 25 heavy (non-hydrogen) atoms. The number of aromatic nitrogens is 2. The highest BCUT2D eigenvalue weighted by molar-refractivity contribution is 7.19. The third-order valence-electron chi connectivity index (χ3n) is 3.53. The zero-order valence-electron chi connectivity index (χ0n) is 12.9.